The van der Waals surface area contributed by atoms with E-state index in [9.17, 15) is 23.1 Å². The van der Waals surface area contributed by atoms with Gasteiger partial charge in [0.2, 0.25) is 5.95 Å². The smallest absolute Gasteiger partial charge is 0.413 e. The van der Waals surface area contributed by atoms with Gasteiger partial charge < -0.3 is 29.6 Å². The first kappa shape index (κ1) is 31.7. The molecule has 2 amide bonds. The lowest BCUT2D eigenvalue weighted by molar-refractivity contribution is -0.145. The van der Waals surface area contributed by atoms with Gasteiger partial charge in [0.1, 0.15) is 6.10 Å². The number of hydrogen-bond donors (Lipinski definition) is 4. The van der Waals surface area contributed by atoms with E-state index in [0.29, 0.717) is 43.5 Å². The van der Waals surface area contributed by atoms with Gasteiger partial charge in [-0.15, -0.1) is 0 Å². The molecule has 44 heavy (non-hydrogen) atoms. The molecule has 0 bridgehead atoms. The van der Waals surface area contributed by atoms with Crippen LogP contribution in [0.5, 0.6) is 0 Å². The predicted molar refractivity (Wildman–Crippen MR) is 158 cm³/mol. The molecule has 5 rings (SSSR count). The number of methoxy groups -OCH3 is 1. The lowest BCUT2D eigenvalue weighted by atomic mass is 10.0. The van der Waals surface area contributed by atoms with Gasteiger partial charge in [-0.1, -0.05) is 47.6 Å². The van der Waals surface area contributed by atoms with Crippen LogP contribution < -0.4 is 10.6 Å². The fraction of sp³-hybridized carbons (Fsp3) is 0.483. The van der Waals surface area contributed by atoms with Crippen LogP contribution in [0.25, 0.3) is 11.0 Å². The Balaban J connectivity index is 1.38. The molecule has 15 heteroatoms. The molecule has 1 aliphatic heterocycles. The Morgan fingerprint density at radius 1 is 1.11 bits per heavy atom. The molecule has 1 saturated carbocycles. The average molecular weight is 632 g/mol. The largest absolute Gasteiger partial charge is 0.453 e. The summed E-state index contributed by atoms with van der Waals surface area (Å²) >= 11 is 0. The van der Waals surface area contributed by atoms with Crippen molar-refractivity contribution in [3.05, 3.63) is 54.1 Å². The molecule has 4 N–H and O–H groups in total. The minimum absolute atomic E-state index is 0.0850. The van der Waals surface area contributed by atoms with Crippen LogP contribution in [0.15, 0.2) is 53.4 Å². The van der Waals surface area contributed by atoms with Gasteiger partial charge in [0.15, 0.2) is 0 Å². The number of imidazole rings is 1. The second-order valence-corrected chi connectivity index (χ2v) is 12.6. The van der Waals surface area contributed by atoms with E-state index in [0.717, 1.165) is 22.9 Å². The highest BCUT2D eigenvalue weighted by molar-refractivity contribution is 7.89. The Bertz CT molecular complexity index is 1520. The second kappa shape index (κ2) is 14.3. The van der Waals surface area contributed by atoms with Crippen LogP contribution in [0.4, 0.5) is 15.5 Å². The fourth-order valence-corrected chi connectivity index (χ4v) is 6.53. The van der Waals surface area contributed by atoms with Gasteiger partial charge in [-0.25, -0.2) is 23.0 Å². The van der Waals surface area contributed by atoms with E-state index >= 15 is 0 Å². The molecule has 3 atom stereocenters. The van der Waals surface area contributed by atoms with E-state index in [2.05, 4.69) is 25.3 Å². The zero-order valence-corrected chi connectivity index (χ0v) is 25.1. The molecule has 1 aliphatic carbocycles. The van der Waals surface area contributed by atoms with E-state index in [1.165, 1.54) is 25.3 Å². The Labute approximate surface area is 255 Å². The van der Waals surface area contributed by atoms with Gasteiger partial charge in [-0.2, -0.15) is 0 Å². The van der Waals surface area contributed by atoms with Gasteiger partial charge in [0, 0.05) is 6.42 Å². The molecule has 14 nitrogen and oxygen atoms in total. The van der Waals surface area contributed by atoms with Crippen LogP contribution in [0, 0.1) is 0 Å². The number of aliphatic hydroxyl groups excluding tert-OH is 1. The van der Waals surface area contributed by atoms with Crippen molar-refractivity contribution in [3.63, 3.8) is 0 Å². The van der Waals surface area contributed by atoms with Gasteiger partial charge in [0.05, 0.1) is 61.0 Å². The number of amides is 2. The molecule has 3 aromatic rings. The number of sulfonamides is 1. The lowest BCUT2D eigenvalue weighted by Gasteiger charge is -2.30. The van der Waals surface area contributed by atoms with Crippen LogP contribution in [0.1, 0.15) is 37.7 Å². The van der Waals surface area contributed by atoms with E-state index < -0.39 is 47.0 Å². The van der Waals surface area contributed by atoms with Crippen molar-refractivity contribution in [3.8, 4) is 0 Å². The number of aromatic nitrogens is 2. The number of ether oxygens (including phenoxy) is 3. The van der Waals surface area contributed by atoms with E-state index in [4.69, 9.17) is 14.3 Å². The molecule has 0 unspecified atom stereocenters. The SMILES string of the molecule is COC(=O)Nc1nc2ccc(S(=O)(=O)N(C[C@@H](O)[C@H](Cc3ccccc3)NC(=O)O[C@H]3CCOC3)OC3CCCC3)cc2[nH]1. The van der Waals surface area contributed by atoms with Crippen LogP contribution >= 0.6 is 0 Å². The maximum absolute atomic E-state index is 14.0. The van der Waals surface area contributed by atoms with Gasteiger partial charge in [0.25, 0.3) is 10.0 Å². The number of nitrogens with one attached hydrogen (secondary N) is 3. The predicted octanol–water partition coefficient (Wildman–Crippen LogP) is 3.09. The molecule has 2 aliphatic rings. The highest BCUT2D eigenvalue weighted by Crippen LogP contribution is 2.28. The van der Waals surface area contributed by atoms with Crippen LogP contribution in [-0.2, 0) is 35.5 Å². The average Bonchev–Trinajstić information content (AvgIpc) is 3.79. The van der Waals surface area contributed by atoms with Crippen molar-refractivity contribution in [1.82, 2.24) is 19.8 Å². The first-order valence-corrected chi connectivity index (χ1v) is 16.0. The Morgan fingerprint density at radius 3 is 2.59 bits per heavy atom. The Kier molecular flexibility index (Phi) is 10.3. The number of rotatable bonds is 12. The van der Waals surface area contributed by atoms with Crippen LogP contribution in [-0.4, -0.2) is 91.4 Å². The number of fused-ring (bicyclic) bond motifs is 1. The summed E-state index contributed by atoms with van der Waals surface area (Å²) in [4.78, 5) is 37.4. The molecule has 1 aromatic heterocycles. The molecular weight excluding hydrogens is 594 g/mol. The summed E-state index contributed by atoms with van der Waals surface area (Å²) in [5.41, 5.74) is 1.59. The highest BCUT2D eigenvalue weighted by atomic mass is 32.2. The maximum atomic E-state index is 14.0. The van der Waals surface area contributed by atoms with Gasteiger partial charge in [-0.3, -0.25) is 10.2 Å². The highest BCUT2D eigenvalue weighted by Gasteiger charge is 2.35. The van der Waals surface area contributed by atoms with Gasteiger partial charge in [-0.05, 0) is 43.0 Å². The second-order valence-electron chi connectivity index (χ2n) is 10.8. The molecule has 2 fully saturated rings. The summed E-state index contributed by atoms with van der Waals surface area (Å²) in [5.74, 6) is 0.0850. The van der Waals surface area contributed by atoms with E-state index in [1.807, 2.05) is 30.3 Å². The number of hydrogen-bond acceptors (Lipinski definition) is 10. The minimum Gasteiger partial charge on any atom is -0.453 e. The fourth-order valence-electron chi connectivity index (χ4n) is 5.21. The zero-order chi connectivity index (χ0) is 31.1. The molecular formula is C29H37N5O9S. The summed E-state index contributed by atoms with van der Waals surface area (Å²) in [6, 6.07) is 12.6. The first-order chi connectivity index (χ1) is 21.2. The standard InChI is InChI=1S/C29H37N5O9S/c1-40-28(36)33-27-30-23-12-11-22(16-24(23)31-27)44(38,39)34(43-20-9-5-6-10-20)17-26(35)25(15-19-7-3-2-4-8-19)32-29(37)42-21-13-14-41-18-21/h2-4,7-8,11-12,16,20-21,25-26,35H,5-6,9-10,13-15,17-18H2,1H3,(H,32,37)(H2,30,31,33,36)/t21-,25-,26+/m0/s1. The number of aromatic amines is 1. The number of nitrogens with zero attached hydrogens (tertiary/aromatic N) is 2. The maximum Gasteiger partial charge on any atom is 0.413 e. The number of hydroxylamine groups is 1. The summed E-state index contributed by atoms with van der Waals surface area (Å²) in [7, 11) is -3.10. The molecule has 238 valence electrons. The lowest BCUT2D eigenvalue weighted by Crippen LogP contribution is -2.51. The minimum atomic E-state index is -4.32. The number of anilines is 1. The van der Waals surface area contributed by atoms with Crippen molar-refractivity contribution >= 4 is 39.2 Å². The molecule has 0 radical (unpaired) electrons. The number of H-pyrrole nitrogens is 1. The number of carbonyl (C=O) groups excluding carboxylic acids is 2. The quantitative estimate of drug-likeness (QED) is 0.217. The third-order valence-electron chi connectivity index (χ3n) is 7.56. The van der Waals surface area contributed by atoms with Crippen molar-refractivity contribution < 1.29 is 42.2 Å². The van der Waals surface area contributed by atoms with Crippen molar-refractivity contribution in [2.75, 3.05) is 32.2 Å². The summed E-state index contributed by atoms with van der Waals surface area (Å²) < 4.78 is 44.1. The monoisotopic (exact) mass is 631 g/mol. The van der Waals surface area contributed by atoms with Crippen molar-refractivity contribution in [2.45, 2.75) is 67.8 Å². The number of benzene rings is 2. The summed E-state index contributed by atoms with van der Waals surface area (Å²) in [6.45, 7) is 0.327. The zero-order valence-electron chi connectivity index (χ0n) is 24.3. The number of alkyl carbamates (subject to hydrolysis) is 1. The van der Waals surface area contributed by atoms with Crippen molar-refractivity contribution in [2.24, 2.45) is 0 Å². The first-order valence-electron chi connectivity index (χ1n) is 14.5. The number of carbonyl (C=O) groups is 2. The molecule has 2 aromatic carbocycles. The topological polar surface area (TPSA) is 181 Å². The summed E-state index contributed by atoms with van der Waals surface area (Å²) in [5, 5.41) is 16.6. The van der Waals surface area contributed by atoms with E-state index in [1.54, 1.807) is 0 Å². The molecule has 1 saturated heterocycles. The Morgan fingerprint density at radius 2 is 1.89 bits per heavy atom. The van der Waals surface area contributed by atoms with Crippen molar-refractivity contribution in [1.29, 1.82) is 0 Å². The number of aliphatic hydroxyl groups is 1. The third kappa shape index (κ3) is 8.04. The molecule has 0 spiro atoms. The van der Waals surface area contributed by atoms with E-state index in [-0.39, 0.29) is 23.4 Å². The Hall–Kier alpha value is -3.76. The molecule has 2 heterocycles. The van der Waals surface area contributed by atoms with Crippen LogP contribution in [0.2, 0.25) is 0 Å². The third-order valence-corrected chi connectivity index (χ3v) is 9.18. The summed E-state index contributed by atoms with van der Waals surface area (Å²) in [6.07, 6.45) is 0.340. The normalized spacial score (nSPS) is 18.8. The van der Waals surface area contributed by atoms with Crippen LogP contribution in [0.3, 0.4) is 0 Å². The van der Waals surface area contributed by atoms with Gasteiger partial charge >= 0.3 is 12.2 Å².